The molecule has 0 amide bonds. The van der Waals surface area contributed by atoms with E-state index in [1.165, 1.54) is 23.7 Å². The van der Waals surface area contributed by atoms with Crippen LogP contribution in [0.15, 0.2) is 18.2 Å². The van der Waals surface area contributed by atoms with Crippen LogP contribution in [0.1, 0.15) is 11.4 Å². The van der Waals surface area contributed by atoms with Crippen molar-refractivity contribution in [1.29, 1.82) is 0 Å². The summed E-state index contributed by atoms with van der Waals surface area (Å²) in [5.41, 5.74) is -0.808. The van der Waals surface area contributed by atoms with Crippen molar-refractivity contribution in [2.24, 2.45) is 7.05 Å². The van der Waals surface area contributed by atoms with Gasteiger partial charge in [0.05, 0.1) is 11.1 Å². The molecule has 0 aliphatic carbocycles. The molecule has 2 rings (SSSR count). The van der Waals surface area contributed by atoms with Gasteiger partial charge in [0.15, 0.2) is 0 Å². The second-order valence-electron chi connectivity index (χ2n) is 3.83. The summed E-state index contributed by atoms with van der Waals surface area (Å²) in [4.78, 5) is 14.4. The van der Waals surface area contributed by atoms with Crippen LogP contribution >= 0.6 is 0 Å². The van der Waals surface area contributed by atoms with E-state index in [1.54, 1.807) is 0 Å². The van der Waals surface area contributed by atoms with Crippen LogP contribution in [0.25, 0.3) is 11.0 Å². The van der Waals surface area contributed by atoms with Gasteiger partial charge >= 0.3 is 12.1 Å². The van der Waals surface area contributed by atoms with Crippen LogP contribution in [0.5, 0.6) is 0 Å². The van der Waals surface area contributed by atoms with E-state index < -0.39 is 24.1 Å². The van der Waals surface area contributed by atoms with E-state index in [1.807, 2.05) is 0 Å². The van der Waals surface area contributed by atoms with Crippen molar-refractivity contribution in [3.63, 3.8) is 0 Å². The standard InChI is InChI=1S/C11H9F3N2O2.Li/c1-16-7-4-2-3-6(11(12,13)14)10(7)15-8(16)5-9(17)18;/h2-4H,5H2,1H3,(H,17,18);. The van der Waals surface area contributed by atoms with Crippen LogP contribution in [0.4, 0.5) is 13.2 Å². The fraction of sp³-hybridized carbons (Fsp3) is 0.273. The number of hydrogen-bond acceptors (Lipinski definition) is 2. The summed E-state index contributed by atoms with van der Waals surface area (Å²) in [6.07, 6.45) is -4.92. The van der Waals surface area contributed by atoms with Gasteiger partial charge in [0.1, 0.15) is 17.8 Å². The molecule has 0 aliphatic rings. The van der Waals surface area contributed by atoms with Gasteiger partial charge in [-0.25, -0.2) is 4.98 Å². The Morgan fingerprint density at radius 3 is 2.58 bits per heavy atom. The van der Waals surface area contributed by atoms with Crippen molar-refractivity contribution in [3.05, 3.63) is 29.6 Å². The number of carboxylic acid groups (broad SMARTS) is 1. The maximum absolute atomic E-state index is 12.8. The van der Waals surface area contributed by atoms with Gasteiger partial charge in [-0.15, -0.1) is 0 Å². The molecule has 0 atom stereocenters. The van der Waals surface area contributed by atoms with Crippen LogP contribution in [0.2, 0.25) is 0 Å². The summed E-state index contributed by atoms with van der Waals surface area (Å²) >= 11 is 0. The first-order valence-electron chi connectivity index (χ1n) is 5.04. The molecule has 97 valence electrons. The third kappa shape index (κ3) is 2.93. The molecule has 0 unspecified atom stereocenters. The Morgan fingerprint density at radius 2 is 2.05 bits per heavy atom. The van der Waals surface area contributed by atoms with Gasteiger partial charge in [0, 0.05) is 25.9 Å². The van der Waals surface area contributed by atoms with Crippen LogP contribution < -0.4 is 0 Å². The number of alkyl halides is 3. The number of halogens is 3. The second-order valence-corrected chi connectivity index (χ2v) is 3.83. The predicted molar refractivity (Wildman–Crippen MR) is 62.8 cm³/mol. The number of benzene rings is 1. The first kappa shape index (κ1) is 15.6. The SMILES string of the molecule is Cn1c(CC(=O)O)nc2c(C(F)(F)F)cccc21.[Li]. The Labute approximate surface area is 118 Å². The van der Waals surface area contributed by atoms with Crippen molar-refractivity contribution in [3.8, 4) is 0 Å². The molecule has 1 aromatic heterocycles. The Kier molecular flexibility index (Phi) is 4.33. The van der Waals surface area contributed by atoms with E-state index in [-0.39, 0.29) is 35.7 Å². The van der Waals surface area contributed by atoms with Crippen LogP contribution in [-0.2, 0) is 24.4 Å². The van der Waals surface area contributed by atoms with Gasteiger partial charge in [0.2, 0.25) is 0 Å². The minimum absolute atomic E-state index is 0. The van der Waals surface area contributed by atoms with E-state index in [9.17, 15) is 18.0 Å². The summed E-state index contributed by atoms with van der Waals surface area (Å²) in [6, 6.07) is 3.68. The first-order chi connectivity index (χ1) is 8.30. The molecule has 0 saturated heterocycles. The zero-order chi connectivity index (χ0) is 13.5. The van der Waals surface area contributed by atoms with Crippen molar-refractivity contribution in [2.45, 2.75) is 12.6 Å². The van der Waals surface area contributed by atoms with Crippen molar-refractivity contribution in [1.82, 2.24) is 9.55 Å². The maximum atomic E-state index is 12.8. The van der Waals surface area contributed by atoms with Crippen molar-refractivity contribution in [2.75, 3.05) is 0 Å². The molecule has 1 radical (unpaired) electrons. The second kappa shape index (κ2) is 5.27. The molecular formula is C11H9F3LiN2O2. The zero-order valence-corrected chi connectivity index (χ0v) is 10.3. The molecule has 0 aliphatic heterocycles. The van der Waals surface area contributed by atoms with Crippen molar-refractivity contribution < 1.29 is 23.1 Å². The molecule has 19 heavy (non-hydrogen) atoms. The van der Waals surface area contributed by atoms with Gasteiger partial charge < -0.3 is 9.67 Å². The molecule has 0 spiro atoms. The topological polar surface area (TPSA) is 55.1 Å². The summed E-state index contributed by atoms with van der Waals surface area (Å²) < 4.78 is 39.6. The first-order valence-corrected chi connectivity index (χ1v) is 5.04. The predicted octanol–water partition coefficient (Wildman–Crippen LogP) is 1.84. The summed E-state index contributed by atoms with van der Waals surface area (Å²) in [5.74, 6) is -1.05. The Bertz CT molecular complexity index is 622. The number of aliphatic carboxylic acids is 1. The summed E-state index contributed by atoms with van der Waals surface area (Å²) in [5, 5.41) is 8.67. The summed E-state index contributed by atoms with van der Waals surface area (Å²) in [7, 11) is 1.49. The van der Waals surface area contributed by atoms with Crippen LogP contribution in [0.3, 0.4) is 0 Å². The monoisotopic (exact) mass is 265 g/mol. The average molecular weight is 265 g/mol. The largest absolute Gasteiger partial charge is 0.481 e. The minimum atomic E-state index is -4.51. The molecular weight excluding hydrogens is 256 g/mol. The number of hydrogen-bond donors (Lipinski definition) is 1. The zero-order valence-electron chi connectivity index (χ0n) is 10.3. The molecule has 1 N–H and O–H groups in total. The minimum Gasteiger partial charge on any atom is -0.481 e. The number of carbonyl (C=O) groups is 1. The molecule has 1 aromatic carbocycles. The number of imidazole rings is 1. The Morgan fingerprint density at radius 1 is 1.42 bits per heavy atom. The fourth-order valence-corrected chi connectivity index (χ4v) is 1.78. The van der Waals surface area contributed by atoms with E-state index in [4.69, 9.17) is 5.11 Å². The molecule has 2 aromatic rings. The van der Waals surface area contributed by atoms with Crippen LogP contribution in [0, 0.1) is 0 Å². The number of carboxylic acids is 1. The average Bonchev–Trinajstić information content (AvgIpc) is 2.54. The van der Waals surface area contributed by atoms with Gasteiger partial charge in [-0.3, -0.25) is 4.79 Å². The van der Waals surface area contributed by atoms with Gasteiger partial charge in [-0.1, -0.05) is 6.07 Å². The Balaban J connectivity index is 0.00000180. The molecule has 1 heterocycles. The fourth-order valence-electron chi connectivity index (χ4n) is 1.78. The smallest absolute Gasteiger partial charge is 0.418 e. The normalized spacial score (nSPS) is 11.4. The number of aromatic nitrogens is 2. The van der Waals surface area contributed by atoms with Gasteiger partial charge in [0.25, 0.3) is 0 Å². The van der Waals surface area contributed by atoms with Gasteiger partial charge in [-0.05, 0) is 12.1 Å². The van der Waals surface area contributed by atoms with E-state index >= 15 is 0 Å². The molecule has 0 saturated carbocycles. The third-order valence-electron chi connectivity index (χ3n) is 2.62. The number of fused-ring (bicyclic) bond motifs is 1. The van der Waals surface area contributed by atoms with E-state index in [0.29, 0.717) is 0 Å². The quantitative estimate of drug-likeness (QED) is 0.843. The maximum Gasteiger partial charge on any atom is 0.418 e. The number of aryl methyl sites for hydroxylation is 1. The van der Waals surface area contributed by atoms with Crippen molar-refractivity contribution >= 4 is 35.9 Å². The molecule has 0 fully saturated rings. The number of rotatable bonds is 2. The number of nitrogens with zero attached hydrogens (tertiary/aromatic N) is 2. The Hall–Kier alpha value is -1.45. The summed E-state index contributed by atoms with van der Waals surface area (Å²) in [6.45, 7) is 0. The molecule has 8 heteroatoms. The van der Waals surface area contributed by atoms with Crippen LogP contribution in [-0.4, -0.2) is 39.5 Å². The van der Waals surface area contributed by atoms with E-state index in [2.05, 4.69) is 4.98 Å². The molecule has 0 bridgehead atoms. The number of para-hydroxylation sites is 1. The third-order valence-corrected chi connectivity index (χ3v) is 2.62. The molecule has 4 nitrogen and oxygen atoms in total. The van der Waals surface area contributed by atoms with Gasteiger partial charge in [-0.2, -0.15) is 13.2 Å². The van der Waals surface area contributed by atoms with E-state index in [0.717, 1.165) is 6.07 Å².